The highest BCUT2D eigenvalue weighted by Gasteiger charge is 2.39. The van der Waals surface area contributed by atoms with Gasteiger partial charge in [0, 0.05) is 50.9 Å². The van der Waals surface area contributed by atoms with Crippen LogP contribution >= 0.6 is 0 Å². The summed E-state index contributed by atoms with van der Waals surface area (Å²) in [7, 11) is 1.58. The number of benzene rings is 1. The van der Waals surface area contributed by atoms with Crippen molar-refractivity contribution in [2.75, 3.05) is 53.0 Å². The topological polar surface area (TPSA) is 91.4 Å². The number of amides is 3. The number of carbonyl (C=O) groups is 3. The second-order valence-electron chi connectivity index (χ2n) is 8.89. The summed E-state index contributed by atoms with van der Waals surface area (Å²) in [6, 6.07) is 6.30. The number of hydrogen-bond acceptors (Lipinski definition) is 6. The fourth-order valence-electron chi connectivity index (χ4n) is 4.40. The molecule has 2 heterocycles. The summed E-state index contributed by atoms with van der Waals surface area (Å²) >= 11 is 0. The maximum absolute atomic E-state index is 13.2. The van der Waals surface area contributed by atoms with Crippen molar-refractivity contribution < 1.29 is 23.9 Å². The third kappa shape index (κ3) is 6.03. The van der Waals surface area contributed by atoms with Crippen LogP contribution < -0.4 is 10.1 Å². The van der Waals surface area contributed by atoms with Crippen LogP contribution in [0.25, 0.3) is 0 Å². The van der Waals surface area contributed by atoms with Crippen molar-refractivity contribution in [3.05, 3.63) is 53.8 Å². The average molecular weight is 485 g/mol. The maximum atomic E-state index is 13.2. The van der Waals surface area contributed by atoms with E-state index in [2.05, 4.69) is 16.8 Å². The Morgan fingerprint density at radius 2 is 1.83 bits per heavy atom. The first-order valence-corrected chi connectivity index (χ1v) is 12.0. The van der Waals surface area contributed by atoms with Crippen molar-refractivity contribution in [3.63, 3.8) is 0 Å². The van der Waals surface area contributed by atoms with Crippen LogP contribution in [0.2, 0.25) is 0 Å². The minimum atomic E-state index is -0.660. The molecule has 0 aromatic heterocycles. The zero-order valence-corrected chi connectivity index (χ0v) is 21.1. The van der Waals surface area contributed by atoms with Gasteiger partial charge in [0.15, 0.2) is 0 Å². The van der Waals surface area contributed by atoms with E-state index in [0.717, 1.165) is 5.56 Å². The third-order valence-corrected chi connectivity index (χ3v) is 6.25. The lowest BCUT2D eigenvalue weighted by Gasteiger charge is -2.40. The molecule has 3 amide bonds. The molecule has 3 rings (SSSR count). The van der Waals surface area contributed by atoms with Gasteiger partial charge in [-0.1, -0.05) is 32.1 Å². The second-order valence-corrected chi connectivity index (χ2v) is 8.89. The van der Waals surface area contributed by atoms with Gasteiger partial charge in [-0.3, -0.25) is 14.6 Å². The van der Waals surface area contributed by atoms with Crippen LogP contribution in [-0.4, -0.2) is 85.6 Å². The number of hydrogen-bond donors (Lipinski definition) is 1. The molecule has 2 aliphatic heterocycles. The Hall–Kier alpha value is -3.33. The van der Waals surface area contributed by atoms with Gasteiger partial charge >= 0.3 is 12.0 Å². The molecular weight excluding hydrogens is 448 g/mol. The Bertz CT molecular complexity index is 964. The number of urea groups is 1. The van der Waals surface area contributed by atoms with Gasteiger partial charge < -0.3 is 19.7 Å². The summed E-state index contributed by atoms with van der Waals surface area (Å²) in [5.74, 6) is 0.307. The van der Waals surface area contributed by atoms with Crippen LogP contribution in [0.3, 0.4) is 0 Å². The van der Waals surface area contributed by atoms with E-state index in [9.17, 15) is 14.4 Å². The van der Waals surface area contributed by atoms with Crippen molar-refractivity contribution in [2.24, 2.45) is 5.92 Å². The number of ether oxygens (including phenoxy) is 2. The zero-order valence-electron chi connectivity index (χ0n) is 21.1. The molecule has 2 aliphatic rings. The molecule has 0 spiro atoms. The van der Waals surface area contributed by atoms with Gasteiger partial charge in [-0.25, -0.2) is 9.59 Å². The standard InChI is InChI=1S/C26H36N4O5/c1-6-12-30-21(17-28-13-15-29(16-14-28)24(31)18(3)4)22(25(32)35-7-2)23(27-26(30)33)19-8-10-20(34-5)11-9-19/h6,8-11,18,23H,1,7,12-17H2,2-5H3,(H,27,33). The lowest BCUT2D eigenvalue weighted by Crippen LogP contribution is -2.54. The number of esters is 1. The van der Waals surface area contributed by atoms with Gasteiger partial charge in [0.2, 0.25) is 5.91 Å². The SMILES string of the molecule is C=CCN1C(=O)NC(c2ccc(OC)cc2)C(C(=O)OCC)=C1CN1CCN(C(=O)C(C)C)CC1. The van der Waals surface area contributed by atoms with Gasteiger partial charge in [-0.2, -0.15) is 0 Å². The molecule has 1 atom stereocenters. The molecule has 0 bridgehead atoms. The van der Waals surface area contributed by atoms with Gasteiger partial charge in [0.1, 0.15) is 5.75 Å². The highest BCUT2D eigenvalue weighted by Crippen LogP contribution is 2.33. The van der Waals surface area contributed by atoms with E-state index >= 15 is 0 Å². The molecule has 1 saturated heterocycles. The maximum Gasteiger partial charge on any atom is 0.338 e. The summed E-state index contributed by atoms with van der Waals surface area (Å²) in [4.78, 5) is 44.4. The van der Waals surface area contributed by atoms with E-state index in [-0.39, 0.29) is 31.0 Å². The number of methoxy groups -OCH3 is 1. The summed E-state index contributed by atoms with van der Waals surface area (Å²) in [5, 5.41) is 2.96. The van der Waals surface area contributed by atoms with Gasteiger partial charge in [-0.05, 0) is 24.6 Å². The van der Waals surface area contributed by atoms with Crippen molar-refractivity contribution in [1.82, 2.24) is 20.0 Å². The lowest BCUT2D eigenvalue weighted by molar-refractivity contribution is -0.139. The molecule has 0 aliphatic carbocycles. The molecule has 1 aromatic carbocycles. The predicted octanol–water partition coefficient (Wildman–Crippen LogP) is 2.56. The molecule has 9 nitrogen and oxygen atoms in total. The number of rotatable bonds is 9. The number of carbonyl (C=O) groups excluding carboxylic acids is 3. The molecule has 0 radical (unpaired) electrons. The van der Waals surface area contributed by atoms with E-state index in [1.807, 2.05) is 30.9 Å². The Morgan fingerprint density at radius 3 is 2.37 bits per heavy atom. The van der Waals surface area contributed by atoms with Crippen LogP contribution in [0.4, 0.5) is 4.79 Å². The molecule has 9 heteroatoms. The van der Waals surface area contributed by atoms with Gasteiger partial charge in [0.25, 0.3) is 0 Å². The van der Waals surface area contributed by atoms with Crippen LogP contribution in [0, 0.1) is 5.92 Å². The Morgan fingerprint density at radius 1 is 1.17 bits per heavy atom. The fraction of sp³-hybridized carbons (Fsp3) is 0.500. The van der Waals surface area contributed by atoms with Crippen LogP contribution in [0.1, 0.15) is 32.4 Å². The summed E-state index contributed by atoms with van der Waals surface area (Å²) in [5.41, 5.74) is 1.75. The largest absolute Gasteiger partial charge is 0.497 e. The van der Waals surface area contributed by atoms with Crippen LogP contribution in [0.5, 0.6) is 5.75 Å². The second kappa shape index (κ2) is 11.9. The van der Waals surface area contributed by atoms with Crippen LogP contribution in [0.15, 0.2) is 48.2 Å². The Balaban J connectivity index is 1.97. The first-order valence-electron chi connectivity index (χ1n) is 12.0. The molecular formula is C26H36N4O5. The molecule has 0 saturated carbocycles. The van der Waals surface area contributed by atoms with E-state index < -0.39 is 12.0 Å². The minimum Gasteiger partial charge on any atom is -0.497 e. The number of piperazine rings is 1. The molecule has 1 aromatic rings. The highest BCUT2D eigenvalue weighted by molar-refractivity contribution is 5.95. The van der Waals surface area contributed by atoms with Crippen LogP contribution in [-0.2, 0) is 14.3 Å². The summed E-state index contributed by atoms with van der Waals surface area (Å²) in [6.45, 7) is 12.7. The molecule has 1 unspecified atom stereocenters. The first-order chi connectivity index (χ1) is 16.8. The first kappa shape index (κ1) is 26.3. The monoisotopic (exact) mass is 484 g/mol. The molecule has 190 valence electrons. The molecule has 1 N–H and O–H groups in total. The fourth-order valence-corrected chi connectivity index (χ4v) is 4.40. The zero-order chi connectivity index (χ0) is 25.5. The Labute approximate surface area is 207 Å². The Kier molecular flexibility index (Phi) is 8.92. The van der Waals surface area contributed by atoms with E-state index in [1.165, 1.54) is 0 Å². The smallest absolute Gasteiger partial charge is 0.338 e. The summed E-state index contributed by atoms with van der Waals surface area (Å²) < 4.78 is 10.7. The highest BCUT2D eigenvalue weighted by atomic mass is 16.5. The van der Waals surface area contributed by atoms with Crippen molar-refractivity contribution in [3.8, 4) is 5.75 Å². The lowest BCUT2D eigenvalue weighted by atomic mass is 9.94. The quantitative estimate of drug-likeness (QED) is 0.428. The van der Waals surface area contributed by atoms with E-state index in [1.54, 1.807) is 37.1 Å². The summed E-state index contributed by atoms with van der Waals surface area (Å²) in [6.07, 6.45) is 1.63. The average Bonchev–Trinajstić information content (AvgIpc) is 2.86. The molecule has 1 fully saturated rings. The van der Waals surface area contributed by atoms with Gasteiger partial charge in [0.05, 0.1) is 25.3 Å². The number of nitrogens with zero attached hydrogens (tertiary/aromatic N) is 3. The third-order valence-electron chi connectivity index (χ3n) is 6.25. The van der Waals surface area contributed by atoms with E-state index in [0.29, 0.717) is 49.7 Å². The van der Waals surface area contributed by atoms with E-state index in [4.69, 9.17) is 9.47 Å². The van der Waals surface area contributed by atoms with Crippen molar-refractivity contribution in [2.45, 2.75) is 26.8 Å². The van der Waals surface area contributed by atoms with Gasteiger partial charge in [-0.15, -0.1) is 6.58 Å². The normalized spacial score (nSPS) is 19.0. The minimum absolute atomic E-state index is 0.0462. The predicted molar refractivity (Wildman–Crippen MR) is 133 cm³/mol. The van der Waals surface area contributed by atoms with Crippen molar-refractivity contribution in [1.29, 1.82) is 0 Å². The van der Waals surface area contributed by atoms with Crippen molar-refractivity contribution >= 4 is 17.9 Å². The molecule has 35 heavy (non-hydrogen) atoms. The number of nitrogens with one attached hydrogen (secondary N) is 1.